The second-order valence-corrected chi connectivity index (χ2v) is 7.09. The standard InChI is InChI=1S/C18H24O3S.K/c1-3-5-7-14-9-12-17-16(13-14)11-10-15(8-6-4-2)18(17)22(19,20)21;/h9-13H,3-8H2,1-2H3,(H,19,20,21);/q;+1/p-1. The minimum atomic E-state index is -4.47. The van der Waals surface area contributed by atoms with E-state index in [4.69, 9.17) is 0 Å². The molecule has 0 bridgehead atoms. The van der Waals surface area contributed by atoms with E-state index < -0.39 is 10.1 Å². The molecule has 0 aromatic heterocycles. The van der Waals surface area contributed by atoms with Crippen LogP contribution in [-0.2, 0) is 23.0 Å². The molecule has 5 heteroatoms. The number of aryl methyl sites for hydroxylation is 2. The van der Waals surface area contributed by atoms with Gasteiger partial charge in [0.05, 0.1) is 4.90 Å². The van der Waals surface area contributed by atoms with E-state index in [0.717, 1.165) is 37.5 Å². The molecule has 23 heavy (non-hydrogen) atoms. The Labute approximate surface area is 182 Å². The van der Waals surface area contributed by atoms with Gasteiger partial charge in [-0.05, 0) is 47.6 Å². The minimum Gasteiger partial charge on any atom is -0.744 e. The van der Waals surface area contributed by atoms with Crippen LogP contribution in [0, 0.1) is 0 Å². The van der Waals surface area contributed by atoms with Crippen molar-refractivity contribution in [3.63, 3.8) is 0 Å². The van der Waals surface area contributed by atoms with Crippen LogP contribution in [0.1, 0.15) is 50.7 Å². The second-order valence-electron chi connectivity index (χ2n) is 5.77. The van der Waals surface area contributed by atoms with Crippen LogP contribution in [0.3, 0.4) is 0 Å². The van der Waals surface area contributed by atoms with Gasteiger partial charge in [-0.15, -0.1) is 0 Å². The minimum absolute atomic E-state index is 0. The van der Waals surface area contributed by atoms with Crippen LogP contribution in [0.5, 0.6) is 0 Å². The fourth-order valence-electron chi connectivity index (χ4n) is 2.79. The van der Waals surface area contributed by atoms with Gasteiger partial charge in [-0.2, -0.15) is 0 Å². The van der Waals surface area contributed by atoms with Gasteiger partial charge < -0.3 is 4.55 Å². The molecular weight excluding hydrogens is 335 g/mol. The molecule has 0 saturated carbocycles. The molecule has 2 rings (SSSR count). The summed E-state index contributed by atoms with van der Waals surface area (Å²) in [5.41, 5.74) is 1.83. The maximum Gasteiger partial charge on any atom is 1.00 e. The van der Waals surface area contributed by atoms with Crippen molar-refractivity contribution in [2.75, 3.05) is 0 Å². The molecule has 0 spiro atoms. The molecule has 0 fully saturated rings. The quantitative estimate of drug-likeness (QED) is 0.556. The van der Waals surface area contributed by atoms with E-state index in [1.807, 2.05) is 25.1 Å². The molecule has 0 aliphatic rings. The largest absolute Gasteiger partial charge is 1.00 e. The van der Waals surface area contributed by atoms with E-state index in [2.05, 4.69) is 6.92 Å². The van der Waals surface area contributed by atoms with E-state index >= 15 is 0 Å². The number of unbranched alkanes of at least 4 members (excludes halogenated alkanes) is 2. The predicted molar refractivity (Wildman–Crippen MR) is 89.1 cm³/mol. The fourth-order valence-corrected chi connectivity index (χ4v) is 3.74. The fraction of sp³-hybridized carbons (Fsp3) is 0.444. The van der Waals surface area contributed by atoms with Crippen molar-refractivity contribution in [3.8, 4) is 0 Å². The van der Waals surface area contributed by atoms with Crippen LogP contribution in [0.2, 0.25) is 0 Å². The first-order valence-electron chi connectivity index (χ1n) is 7.97. The topological polar surface area (TPSA) is 57.2 Å². The van der Waals surface area contributed by atoms with Crippen molar-refractivity contribution in [3.05, 3.63) is 41.5 Å². The van der Waals surface area contributed by atoms with Crippen LogP contribution in [0.15, 0.2) is 35.2 Å². The molecule has 2 aromatic rings. The Balaban J connectivity index is 0.00000264. The van der Waals surface area contributed by atoms with Gasteiger partial charge in [-0.1, -0.05) is 57.0 Å². The van der Waals surface area contributed by atoms with E-state index in [1.165, 1.54) is 5.56 Å². The molecule has 0 aliphatic carbocycles. The first-order valence-corrected chi connectivity index (χ1v) is 9.38. The third-order valence-corrected chi connectivity index (χ3v) is 4.97. The molecular formula is C18H23KO3S. The normalized spacial score (nSPS) is 11.4. The van der Waals surface area contributed by atoms with E-state index in [1.54, 1.807) is 12.1 Å². The molecule has 0 radical (unpaired) electrons. The molecule has 0 saturated heterocycles. The van der Waals surface area contributed by atoms with Crippen molar-refractivity contribution in [1.29, 1.82) is 0 Å². The first kappa shape index (κ1) is 21.3. The molecule has 0 atom stereocenters. The van der Waals surface area contributed by atoms with Crippen molar-refractivity contribution in [1.82, 2.24) is 0 Å². The molecule has 120 valence electrons. The Hall–Kier alpha value is 0.246. The maximum atomic E-state index is 11.7. The summed E-state index contributed by atoms with van der Waals surface area (Å²) in [6.45, 7) is 4.19. The van der Waals surface area contributed by atoms with Crippen LogP contribution >= 0.6 is 0 Å². The summed E-state index contributed by atoms with van der Waals surface area (Å²) in [4.78, 5) is -0.0273. The summed E-state index contributed by atoms with van der Waals surface area (Å²) in [5.74, 6) is 0. The predicted octanol–water partition coefficient (Wildman–Crippen LogP) is 1.43. The van der Waals surface area contributed by atoms with Gasteiger partial charge in [0.15, 0.2) is 0 Å². The number of hydrogen-bond donors (Lipinski definition) is 0. The van der Waals surface area contributed by atoms with Gasteiger partial charge in [0.2, 0.25) is 0 Å². The average Bonchev–Trinajstić information content (AvgIpc) is 2.48. The molecule has 0 amide bonds. The SMILES string of the molecule is CCCCc1ccc2c(S(=O)(=O)[O-])c(CCCC)ccc2c1.[K+]. The molecule has 0 unspecified atom stereocenters. The zero-order chi connectivity index (χ0) is 16.2. The maximum absolute atomic E-state index is 11.7. The second kappa shape index (κ2) is 9.66. The number of rotatable bonds is 7. The summed E-state index contributed by atoms with van der Waals surface area (Å²) in [5, 5.41) is 1.40. The Bertz CT molecular complexity index is 754. The van der Waals surface area contributed by atoms with E-state index in [9.17, 15) is 13.0 Å². The third-order valence-electron chi connectivity index (χ3n) is 3.99. The van der Waals surface area contributed by atoms with Gasteiger partial charge in [0.25, 0.3) is 0 Å². The zero-order valence-electron chi connectivity index (χ0n) is 14.3. The summed E-state index contributed by atoms with van der Waals surface area (Å²) in [7, 11) is -4.47. The zero-order valence-corrected chi connectivity index (χ0v) is 18.2. The van der Waals surface area contributed by atoms with Crippen LogP contribution in [0.25, 0.3) is 10.8 Å². The molecule has 2 aromatic carbocycles. The first-order chi connectivity index (χ1) is 10.5. The Morgan fingerprint density at radius 2 is 1.61 bits per heavy atom. The number of fused-ring (bicyclic) bond motifs is 1. The van der Waals surface area contributed by atoms with Gasteiger partial charge >= 0.3 is 51.4 Å². The molecule has 0 aliphatic heterocycles. The van der Waals surface area contributed by atoms with E-state index in [-0.39, 0.29) is 56.3 Å². The Morgan fingerprint density at radius 3 is 2.22 bits per heavy atom. The summed E-state index contributed by atoms with van der Waals surface area (Å²) < 4.78 is 35.2. The van der Waals surface area contributed by atoms with Gasteiger partial charge in [-0.3, -0.25) is 0 Å². The average molecular weight is 359 g/mol. The Morgan fingerprint density at radius 1 is 0.957 bits per heavy atom. The van der Waals surface area contributed by atoms with Gasteiger partial charge in [0, 0.05) is 0 Å². The van der Waals surface area contributed by atoms with E-state index in [0.29, 0.717) is 17.4 Å². The van der Waals surface area contributed by atoms with Crippen molar-refractivity contribution >= 4 is 20.9 Å². The van der Waals surface area contributed by atoms with Crippen molar-refractivity contribution < 1.29 is 64.4 Å². The molecule has 0 heterocycles. The van der Waals surface area contributed by atoms with Crippen LogP contribution < -0.4 is 51.4 Å². The van der Waals surface area contributed by atoms with Crippen LogP contribution in [-0.4, -0.2) is 13.0 Å². The van der Waals surface area contributed by atoms with Gasteiger partial charge in [-0.25, -0.2) is 8.42 Å². The smallest absolute Gasteiger partial charge is 0.744 e. The molecule has 3 nitrogen and oxygen atoms in total. The monoisotopic (exact) mass is 358 g/mol. The van der Waals surface area contributed by atoms with Crippen molar-refractivity contribution in [2.45, 2.75) is 57.3 Å². The summed E-state index contributed by atoms with van der Waals surface area (Å²) >= 11 is 0. The number of hydrogen-bond acceptors (Lipinski definition) is 3. The Kier molecular flexibility index (Phi) is 8.94. The third kappa shape index (κ3) is 5.63. The molecule has 0 N–H and O–H groups in total. The summed E-state index contributed by atoms with van der Waals surface area (Å²) in [6, 6.07) is 9.47. The van der Waals surface area contributed by atoms with Gasteiger partial charge in [0.1, 0.15) is 10.1 Å². The number of benzene rings is 2. The summed E-state index contributed by atoms with van der Waals surface area (Å²) in [6.07, 6.45) is 5.67. The van der Waals surface area contributed by atoms with Crippen molar-refractivity contribution in [2.24, 2.45) is 0 Å². The van der Waals surface area contributed by atoms with Crippen LogP contribution in [0.4, 0.5) is 0 Å².